The van der Waals surface area contributed by atoms with Crippen LogP contribution in [0.1, 0.15) is 41.8 Å². The van der Waals surface area contributed by atoms with Gasteiger partial charge in [-0.05, 0) is 38.7 Å². The highest BCUT2D eigenvalue weighted by Crippen LogP contribution is 2.47. The first kappa shape index (κ1) is 14.8. The molecule has 0 aliphatic heterocycles. The molecule has 0 radical (unpaired) electrons. The summed E-state index contributed by atoms with van der Waals surface area (Å²) >= 11 is 0. The van der Waals surface area contributed by atoms with Crippen LogP contribution in [0.3, 0.4) is 0 Å². The number of amides is 1. The molecule has 22 heavy (non-hydrogen) atoms. The van der Waals surface area contributed by atoms with Gasteiger partial charge >= 0.3 is 0 Å². The number of nitrogens with one attached hydrogen (secondary N) is 1. The van der Waals surface area contributed by atoms with Crippen molar-refractivity contribution >= 4 is 5.91 Å². The minimum atomic E-state index is 0.129. The topological polar surface area (TPSA) is 46.9 Å². The first-order chi connectivity index (χ1) is 10.6. The van der Waals surface area contributed by atoms with E-state index in [9.17, 15) is 4.79 Å². The average Bonchev–Trinajstić information content (AvgIpc) is 3.28. The molecule has 0 saturated heterocycles. The number of carbonyl (C=O) groups is 1. The van der Waals surface area contributed by atoms with Crippen LogP contribution in [0.4, 0.5) is 0 Å². The van der Waals surface area contributed by atoms with E-state index in [1.165, 1.54) is 5.56 Å². The van der Waals surface area contributed by atoms with Crippen LogP contribution in [0.5, 0.6) is 0 Å². The van der Waals surface area contributed by atoms with Crippen LogP contribution in [-0.4, -0.2) is 15.7 Å². The molecule has 1 aromatic heterocycles. The summed E-state index contributed by atoms with van der Waals surface area (Å²) in [5.74, 6) is 0.683. The van der Waals surface area contributed by atoms with Gasteiger partial charge in [0.05, 0.1) is 5.69 Å². The standard InChI is InChI=1S/C18H23N3O/c1-4-21-13(3)17(12(2)20-21)11-19-18(22)16-10-15(16)14-8-6-5-7-9-14/h5-9,15-16H,4,10-11H2,1-3H3,(H,19,22)/t15-,16-/m1/s1. The molecule has 0 unspecified atom stereocenters. The van der Waals surface area contributed by atoms with E-state index in [-0.39, 0.29) is 11.8 Å². The van der Waals surface area contributed by atoms with Crippen molar-refractivity contribution in [2.75, 3.05) is 0 Å². The Kier molecular flexibility index (Phi) is 4.01. The fourth-order valence-corrected chi connectivity index (χ4v) is 3.16. The highest BCUT2D eigenvalue weighted by atomic mass is 16.2. The van der Waals surface area contributed by atoms with Crippen molar-refractivity contribution in [3.63, 3.8) is 0 Å². The van der Waals surface area contributed by atoms with E-state index in [1.54, 1.807) is 0 Å². The second-order valence-electron chi connectivity index (χ2n) is 6.04. The van der Waals surface area contributed by atoms with E-state index >= 15 is 0 Å². The minimum Gasteiger partial charge on any atom is -0.352 e. The molecule has 1 fully saturated rings. The zero-order valence-corrected chi connectivity index (χ0v) is 13.5. The van der Waals surface area contributed by atoms with Gasteiger partial charge in [0.15, 0.2) is 0 Å². The Balaban J connectivity index is 1.59. The van der Waals surface area contributed by atoms with Gasteiger partial charge in [-0.15, -0.1) is 0 Å². The normalized spacial score (nSPS) is 20.0. The summed E-state index contributed by atoms with van der Waals surface area (Å²) < 4.78 is 1.99. The average molecular weight is 297 g/mol. The summed E-state index contributed by atoms with van der Waals surface area (Å²) in [6, 6.07) is 10.3. The fourth-order valence-electron chi connectivity index (χ4n) is 3.16. The quantitative estimate of drug-likeness (QED) is 0.922. The van der Waals surface area contributed by atoms with Gasteiger partial charge < -0.3 is 5.32 Å². The van der Waals surface area contributed by atoms with Gasteiger partial charge in [0.1, 0.15) is 0 Å². The zero-order valence-electron chi connectivity index (χ0n) is 13.5. The number of aromatic nitrogens is 2. The number of aryl methyl sites for hydroxylation is 2. The Morgan fingerprint density at radius 2 is 2.05 bits per heavy atom. The van der Waals surface area contributed by atoms with Crippen LogP contribution >= 0.6 is 0 Å². The zero-order chi connectivity index (χ0) is 15.7. The molecule has 3 rings (SSSR count). The maximum Gasteiger partial charge on any atom is 0.224 e. The maximum absolute atomic E-state index is 12.3. The molecule has 1 aliphatic rings. The van der Waals surface area contributed by atoms with E-state index < -0.39 is 0 Å². The summed E-state index contributed by atoms with van der Waals surface area (Å²) in [7, 11) is 0. The monoisotopic (exact) mass is 297 g/mol. The van der Waals surface area contributed by atoms with E-state index in [0.29, 0.717) is 12.5 Å². The molecule has 1 saturated carbocycles. The highest BCUT2D eigenvalue weighted by Gasteiger charge is 2.43. The lowest BCUT2D eigenvalue weighted by atomic mass is 10.1. The molecule has 1 amide bonds. The van der Waals surface area contributed by atoms with Gasteiger partial charge in [-0.1, -0.05) is 30.3 Å². The smallest absolute Gasteiger partial charge is 0.224 e. The molecule has 4 heteroatoms. The number of hydrogen-bond donors (Lipinski definition) is 1. The Morgan fingerprint density at radius 3 is 2.68 bits per heavy atom. The van der Waals surface area contributed by atoms with Gasteiger partial charge in [0, 0.05) is 30.3 Å². The van der Waals surface area contributed by atoms with Crippen LogP contribution < -0.4 is 5.32 Å². The van der Waals surface area contributed by atoms with Gasteiger partial charge in [-0.25, -0.2) is 0 Å². The lowest BCUT2D eigenvalue weighted by molar-refractivity contribution is -0.122. The Labute approximate surface area is 131 Å². The van der Waals surface area contributed by atoms with Crippen LogP contribution in [0, 0.1) is 19.8 Å². The van der Waals surface area contributed by atoms with Crippen LogP contribution in [0.2, 0.25) is 0 Å². The van der Waals surface area contributed by atoms with Gasteiger partial charge in [-0.2, -0.15) is 5.10 Å². The third-order valence-corrected chi connectivity index (χ3v) is 4.63. The lowest BCUT2D eigenvalue weighted by Gasteiger charge is -2.06. The summed E-state index contributed by atoms with van der Waals surface area (Å²) in [6.45, 7) is 7.59. The Hall–Kier alpha value is -2.10. The molecule has 116 valence electrons. The summed E-state index contributed by atoms with van der Waals surface area (Å²) in [4.78, 5) is 12.3. The first-order valence-corrected chi connectivity index (χ1v) is 7.97. The highest BCUT2D eigenvalue weighted by molar-refractivity contribution is 5.82. The van der Waals surface area contributed by atoms with Crippen molar-refractivity contribution in [3.05, 3.63) is 52.8 Å². The van der Waals surface area contributed by atoms with E-state index in [4.69, 9.17) is 0 Å². The molecular weight excluding hydrogens is 274 g/mol. The number of carbonyl (C=O) groups excluding carboxylic acids is 1. The second kappa shape index (κ2) is 5.95. The van der Waals surface area contributed by atoms with Crippen LogP contribution in [0.15, 0.2) is 30.3 Å². The second-order valence-corrected chi connectivity index (χ2v) is 6.04. The molecular formula is C18H23N3O. The van der Waals surface area contributed by atoms with E-state index in [0.717, 1.165) is 29.9 Å². The Bertz CT molecular complexity index is 675. The molecule has 0 spiro atoms. The number of hydrogen-bond acceptors (Lipinski definition) is 2. The first-order valence-electron chi connectivity index (χ1n) is 7.97. The van der Waals surface area contributed by atoms with Gasteiger partial charge in [-0.3, -0.25) is 9.48 Å². The van der Waals surface area contributed by atoms with Crippen molar-refractivity contribution < 1.29 is 4.79 Å². The SMILES string of the molecule is CCn1nc(C)c(CNC(=O)[C@@H]2C[C@@H]2c2ccccc2)c1C. The van der Waals surface area contributed by atoms with Crippen LogP contribution in [0.25, 0.3) is 0 Å². The molecule has 4 nitrogen and oxygen atoms in total. The largest absolute Gasteiger partial charge is 0.352 e. The molecule has 2 atom stereocenters. The summed E-state index contributed by atoms with van der Waals surface area (Å²) in [5, 5.41) is 7.58. The Morgan fingerprint density at radius 1 is 1.32 bits per heavy atom. The lowest BCUT2D eigenvalue weighted by Crippen LogP contribution is -2.25. The predicted molar refractivity (Wildman–Crippen MR) is 86.5 cm³/mol. The van der Waals surface area contributed by atoms with Crippen molar-refractivity contribution in [1.82, 2.24) is 15.1 Å². The number of rotatable bonds is 5. The third kappa shape index (κ3) is 2.78. The molecule has 1 aromatic carbocycles. The summed E-state index contributed by atoms with van der Waals surface area (Å²) in [5.41, 5.74) is 4.58. The molecule has 0 bridgehead atoms. The fraction of sp³-hybridized carbons (Fsp3) is 0.444. The number of nitrogens with zero attached hydrogens (tertiary/aromatic N) is 2. The number of benzene rings is 1. The molecule has 2 aromatic rings. The van der Waals surface area contributed by atoms with E-state index in [2.05, 4.69) is 36.4 Å². The van der Waals surface area contributed by atoms with Gasteiger partial charge in [0.2, 0.25) is 5.91 Å². The maximum atomic E-state index is 12.3. The van der Waals surface area contributed by atoms with E-state index in [1.807, 2.05) is 29.8 Å². The van der Waals surface area contributed by atoms with Crippen molar-refractivity contribution in [2.24, 2.45) is 5.92 Å². The predicted octanol–water partition coefficient (Wildman–Crippen LogP) is 2.94. The molecule has 1 heterocycles. The molecule has 1 aliphatic carbocycles. The van der Waals surface area contributed by atoms with Crippen molar-refractivity contribution in [1.29, 1.82) is 0 Å². The van der Waals surface area contributed by atoms with Crippen molar-refractivity contribution in [3.8, 4) is 0 Å². The summed E-state index contributed by atoms with van der Waals surface area (Å²) in [6.07, 6.45) is 0.960. The van der Waals surface area contributed by atoms with Crippen LogP contribution in [-0.2, 0) is 17.9 Å². The third-order valence-electron chi connectivity index (χ3n) is 4.63. The molecule has 1 N–H and O–H groups in total. The minimum absolute atomic E-state index is 0.129. The van der Waals surface area contributed by atoms with Crippen molar-refractivity contribution in [2.45, 2.75) is 46.2 Å². The van der Waals surface area contributed by atoms with Gasteiger partial charge in [0.25, 0.3) is 0 Å².